The maximum absolute atomic E-state index is 12.7. The molecule has 0 amide bonds. The first kappa shape index (κ1) is 16.4. The average molecular weight is 315 g/mol. The van der Waals surface area contributed by atoms with E-state index in [0.717, 1.165) is 13.1 Å². The van der Waals surface area contributed by atoms with Crippen molar-refractivity contribution in [3.05, 3.63) is 11.8 Å². The van der Waals surface area contributed by atoms with Crippen molar-refractivity contribution in [3.8, 4) is 0 Å². The molecular weight excluding hydrogens is 290 g/mol. The Labute approximate surface area is 126 Å². The number of H-pyrrole nitrogens is 1. The lowest BCUT2D eigenvalue weighted by Gasteiger charge is -2.41. The number of hydrogen-bond acceptors (Lipinski definition) is 5. The molecule has 1 aromatic heterocycles. The lowest BCUT2D eigenvalue weighted by molar-refractivity contribution is 0.0921. The van der Waals surface area contributed by atoms with Crippen LogP contribution in [0.25, 0.3) is 0 Å². The van der Waals surface area contributed by atoms with Crippen LogP contribution in [-0.2, 0) is 16.6 Å². The van der Waals surface area contributed by atoms with Gasteiger partial charge in [0.1, 0.15) is 0 Å². The van der Waals surface area contributed by atoms with Gasteiger partial charge in [0.2, 0.25) is 0 Å². The molecule has 0 saturated carbocycles. The molecular formula is C13H25N5O2S. The Morgan fingerprint density at radius 2 is 1.90 bits per heavy atom. The Morgan fingerprint density at radius 3 is 2.43 bits per heavy atom. The van der Waals surface area contributed by atoms with Crippen molar-refractivity contribution in [2.24, 2.45) is 0 Å². The Balaban J connectivity index is 2.13. The molecule has 1 saturated heterocycles. The van der Waals surface area contributed by atoms with Crippen LogP contribution in [0.5, 0.6) is 0 Å². The summed E-state index contributed by atoms with van der Waals surface area (Å²) in [5.74, 6) is 0. The van der Waals surface area contributed by atoms with Crippen LogP contribution in [0.2, 0.25) is 0 Å². The molecule has 2 rings (SSSR count). The number of aromatic amines is 1. The van der Waals surface area contributed by atoms with Gasteiger partial charge in [-0.05, 0) is 27.8 Å². The third kappa shape index (κ3) is 3.45. The summed E-state index contributed by atoms with van der Waals surface area (Å²) in [7, 11) is -1.71. The Bertz CT molecular complexity index is 568. The highest BCUT2D eigenvalue weighted by Crippen LogP contribution is 2.22. The minimum atomic E-state index is -3.49. The SMILES string of the molecule is CNCc1cn[nH]c1S(=O)(=O)N1CCN(C(C)(C)C)CC1. The van der Waals surface area contributed by atoms with Crippen LogP contribution in [0, 0.1) is 0 Å². The molecule has 1 aromatic rings. The molecule has 0 aromatic carbocycles. The third-order valence-electron chi connectivity index (χ3n) is 3.83. The monoisotopic (exact) mass is 315 g/mol. The van der Waals surface area contributed by atoms with Crippen LogP contribution in [0.1, 0.15) is 26.3 Å². The molecule has 8 heteroatoms. The summed E-state index contributed by atoms with van der Waals surface area (Å²) in [4.78, 5) is 2.31. The first-order valence-corrected chi connectivity index (χ1v) is 8.63. The molecule has 2 heterocycles. The number of nitrogens with zero attached hydrogens (tertiary/aromatic N) is 3. The minimum absolute atomic E-state index is 0.0706. The van der Waals surface area contributed by atoms with Gasteiger partial charge in [-0.3, -0.25) is 10.00 Å². The van der Waals surface area contributed by atoms with Crippen LogP contribution < -0.4 is 5.32 Å². The topological polar surface area (TPSA) is 81.3 Å². The van der Waals surface area contributed by atoms with Crippen molar-refractivity contribution in [2.75, 3.05) is 33.2 Å². The van der Waals surface area contributed by atoms with E-state index in [9.17, 15) is 8.42 Å². The van der Waals surface area contributed by atoms with Gasteiger partial charge in [-0.15, -0.1) is 0 Å². The summed E-state index contributed by atoms with van der Waals surface area (Å²) in [6.45, 7) is 9.45. The maximum Gasteiger partial charge on any atom is 0.260 e. The third-order valence-corrected chi connectivity index (χ3v) is 5.74. The number of rotatable bonds is 4. The number of piperazine rings is 1. The highest BCUT2D eigenvalue weighted by atomic mass is 32.2. The molecule has 0 atom stereocenters. The van der Waals surface area contributed by atoms with Crippen LogP contribution in [-0.4, -0.2) is 66.6 Å². The molecule has 1 aliphatic rings. The second-order valence-corrected chi connectivity index (χ2v) is 8.19. The van der Waals surface area contributed by atoms with E-state index >= 15 is 0 Å². The molecule has 7 nitrogen and oxygen atoms in total. The molecule has 0 radical (unpaired) electrons. The molecule has 21 heavy (non-hydrogen) atoms. The Kier molecular flexibility index (Phi) is 4.72. The lowest BCUT2D eigenvalue weighted by Crippen LogP contribution is -2.54. The van der Waals surface area contributed by atoms with E-state index in [1.54, 1.807) is 17.5 Å². The van der Waals surface area contributed by atoms with Crippen LogP contribution in [0.3, 0.4) is 0 Å². The zero-order chi connectivity index (χ0) is 15.7. The normalized spacial score (nSPS) is 19.0. The van der Waals surface area contributed by atoms with Gasteiger partial charge < -0.3 is 5.32 Å². The molecule has 1 aliphatic heterocycles. The van der Waals surface area contributed by atoms with Crippen molar-refractivity contribution in [1.29, 1.82) is 0 Å². The summed E-state index contributed by atoms with van der Waals surface area (Å²) >= 11 is 0. The average Bonchev–Trinajstić information content (AvgIpc) is 2.87. The first-order chi connectivity index (χ1) is 9.76. The van der Waals surface area contributed by atoms with Crippen molar-refractivity contribution in [3.63, 3.8) is 0 Å². The van der Waals surface area contributed by atoms with Crippen LogP contribution in [0.15, 0.2) is 11.2 Å². The van der Waals surface area contributed by atoms with Crippen molar-refractivity contribution < 1.29 is 8.42 Å². The first-order valence-electron chi connectivity index (χ1n) is 7.19. The van der Waals surface area contributed by atoms with Crippen molar-refractivity contribution >= 4 is 10.0 Å². The van der Waals surface area contributed by atoms with Gasteiger partial charge >= 0.3 is 0 Å². The van der Waals surface area contributed by atoms with Gasteiger partial charge in [0, 0.05) is 43.8 Å². The van der Waals surface area contributed by atoms with Gasteiger partial charge in [0.25, 0.3) is 10.0 Å². The zero-order valence-electron chi connectivity index (χ0n) is 13.2. The van der Waals surface area contributed by atoms with Gasteiger partial charge in [0.05, 0.1) is 6.20 Å². The number of aromatic nitrogens is 2. The van der Waals surface area contributed by atoms with Gasteiger partial charge in [-0.2, -0.15) is 9.40 Å². The molecule has 0 spiro atoms. The van der Waals surface area contributed by atoms with Crippen molar-refractivity contribution in [1.82, 2.24) is 24.7 Å². The fourth-order valence-corrected chi connectivity index (χ4v) is 4.09. The Morgan fingerprint density at radius 1 is 1.29 bits per heavy atom. The predicted molar refractivity (Wildman–Crippen MR) is 81.4 cm³/mol. The summed E-state index contributed by atoms with van der Waals surface area (Å²) in [6.07, 6.45) is 1.56. The molecule has 0 unspecified atom stereocenters. The molecule has 120 valence electrons. The van der Waals surface area contributed by atoms with E-state index in [1.165, 1.54) is 0 Å². The number of hydrogen-bond donors (Lipinski definition) is 2. The van der Waals surface area contributed by atoms with Crippen LogP contribution in [0.4, 0.5) is 0 Å². The maximum atomic E-state index is 12.7. The van der Waals surface area contributed by atoms with E-state index in [-0.39, 0.29) is 10.6 Å². The van der Waals surface area contributed by atoms with Crippen LogP contribution >= 0.6 is 0 Å². The van der Waals surface area contributed by atoms with E-state index in [0.29, 0.717) is 25.2 Å². The standard InChI is InChI=1S/C13H25N5O2S/c1-13(2,3)17-5-7-18(8-6-17)21(19,20)12-11(9-14-4)10-15-16-12/h10,14H,5-9H2,1-4H3,(H,15,16). The summed E-state index contributed by atoms with van der Waals surface area (Å²) < 4.78 is 27.0. The second kappa shape index (κ2) is 6.04. The minimum Gasteiger partial charge on any atom is -0.316 e. The van der Waals surface area contributed by atoms with E-state index in [2.05, 4.69) is 41.2 Å². The van der Waals surface area contributed by atoms with E-state index < -0.39 is 10.0 Å². The largest absolute Gasteiger partial charge is 0.316 e. The quantitative estimate of drug-likeness (QED) is 0.831. The number of nitrogens with one attached hydrogen (secondary N) is 2. The fraction of sp³-hybridized carbons (Fsp3) is 0.769. The van der Waals surface area contributed by atoms with Gasteiger partial charge in [0.15, 0.2) is 5.03 Å². The summed E-state index contributed by atoms with van der Waals surface area (Å²) in [6, 6.07) is 0. The van der Waals surface area contributed by atoms with E-state index in [1.807, 2.05) is 0 Å². The smallest absolute Gasteiger partial charge is 0.260 e. The predicted octanol–water partition coefficient (Wildman–Crippen LogP) is 0.234. The number of sulfonamides is 1. The highest BCUT2D eigenvalue weighted by Gasteiger charge is 2.34. The molecule has 2 N–H and O–H groups in total. The molecule has 0 bridgehead atoms. The molecule has 0 aliphatic carbocycles. The Hall–Kier alpha value is -0.960. The lowest BCUT2D eigenvalue weighted by atomic mass is 10.1. The summed E-state index contributed by atoms with van der Waals surface area (Å²) in [5, 5.41) is 9.68. The van der Waals surface area contributed by atoms with E-state index in [4.69, 9.17) is 0 Å². The van der Waals surface area contributed by atoms with Crippen molar-refractivity contribution in [2.45, 2.75) is 37.9 Å². The van der Waals surface area contributed by atoms with Gasteiger partial charge in [-0.1, -0.05) is 0 Å². The molecule has 1 fully saturated rings. The second-order valence-electron chi connectivity index (χ2n) is 6.32. The van der Waals surface area contributed by atoms with Gasteiger partial charge in [-0.25, -0.2) is 8.42 Å². The summed E-state index contributed by atoms with van der Waals surface area (Å²) in [5.41, 5.74) is 0.747. The zero-order valence-corrected chi connectivity index (χ0v) is 14.0. The highest BCUT2D eigenvalue weighted by molar-refractivity contribution is 7.89. The fourth-order valence-electron chi connectivity index (χ4n) is 2.57.